The fourth-order valence-electron chi connectivity index (χ4n) is 4.37. The lowest BCUT2D eigenvalue weighted by molar-refractivity contribution is -0.0110. The van der Waals surface area contributed by atoms with E-state index in [0.717, 1.165) is 38.6 Å². The standard InChI is InChI=1S/C20H31NO4/c1-23-18-7-5-14-8-9-21-16(15(14)12-20(18)25-3)10-13-4-6-17(22)19(11-13)24-2/h5-7,13,16,18-22H,4,8-12H2,1-3H3. The first-order valence-corrected chi connectivity index (χ1v) is 9.27. The molecular weight excluding hydrogens is 318 g/mol. The van der Waals surface area contributed by atoms with Gasteiger partial charge in [0.05, 0.1) is 6.10 Å². The molecule has 3 rings (SSSR count). The van der Waals surface area contributed by atoms with Crippen LogP contribution in [0.15, 0.2) is 35.1 Å². The second-order valence-corrected chi connectivity index (χ2v) is 7.27. The molecule has 0 fully saturated rings. The molecule has 2 N–H and O–H groups in total. The third kappa shape index (κ3) is 4.17. The number of nitrogens with one attached hydrogen (secondary N) is 1. The maximum Gasteiger partial charge on any atom is 0.117 e. The van der Waals surface area contributed by atoms with Gasteiger partial charge in [0.1, 0.15) is 18.0 Å². The van der Waals surface area contributed by atoms with E-state index < -0.39 is 0 Å². The van der Waals surface area contributed by atoms with E-state index in [1.807, 2.05) is 6.08 Å². The molecule has 5 atom stereocenters. The first-order chi connectivity index (χ1) is 12.2. The fraction of sp³-hybridized carbons (Fsp3) is 0.700. The maximum atomic E-state index is 9.91. The first-order valence-electron chi connectivity index (χ1n) is 9.27. The summed E-state index contributed by atoms with van der Waals surface area (Å²) in [5, 5.41) is 13.6. The van der Waals surface area contributed by atoms with Crippen LogP contribution in [0.2, 0.25) is 0 Å². The molecule has 0 saturated carbocycles. The summed E-state index contributed by atoms with van der Waals surface area (Å²) in [5.41, 5.74) is 2.89. The molecule has 5 unspecified atom stereocenters. The molecule has 0 aromatic heterocycles. The minimum Gasteiger partial charge on any atom is -0.510 e. The van der Waals surface area contributed by atoms with Crippen molar-refractivity contribution in [3.05, 3.63) is 35.1 Å². The van der Waals surface area contributed by atoms with Gasteiger partial charge in [0, 0.05) is 27.4 Å². The Morgan fingerprint density at radius 3 is 2.76 bits per heavy atom. The monoisotopic (exact) mass is 349 g/mol. The van der Waals surface area contributed by atoms with Gasteiger partial charge in [0.2, 0.25) is 0 Å². The van der Waals surface area contributed by atoms with Gasteiger partial charge in [-0.25, -0.2) is 0 Å². The second-order valence-electron chi connectivity index (χ2n) is 7.27. The van der Waals surface area contributed by atoms with Crippen LogP contribution in [-0.2, 0) is 14.2 Å². The summed E-state index contributed by atoms with van der Waals surface area (Å²) in [4.78, 5) is 0. The third-order valence-corrected chi connectivity index (χ3v) is 5.86. The SMILES string of the molecule is COC1CC(CC2NCCC3=C2CC(OC)C(OC)C=C3)CC=C1O. The van der Waals surface area contributed by atoms with Gasteiger partial charge in [-0.2, -0.15) is 0 Å². The van der Waals surface area contributed by atoms with Gasteiger partial charge in [-0.1, -0.05) is 12.2 Å². The zero-order valence-electron chi connectivity index (χ0n) is 15.5. The maximum absolute atomic E-state index is 9.91. The molecule has 5 nitrogen and oxygen atoms in total. The topological polar surface area (TPSA) is 60.0 Å². The molecule has 5 heteroatoms. The summed E-state index contributed by atoms with van der Waals surface area (Å²) in [5.74, 6) is 0.895. The van der Waals surface area contributed by atoms with Crippen molar-refractivity contribution >= 4 is 0 Å². The number of hydrogen-bond donors (Lipinski definition) is 2. The largest absolute Gasteiger partial charge is 0.510 e. The number of aliphatic hydroxyl groups is 1. The molecule has 0 aromatic rings. The van der Waals surface area contributed by atoms with Crippen LogP contribution in [0, 0.1) is 5.92 Å². The van der Waals surface area contributed by atoms with Gasteiger partial charge in [0.25, 0.3) is 0 Å². The second kappa shape index (κ2) is 8.49. The summed E-state index contributed by atoms with van der Waals surface area (Å²) in [6.07, 6.45) is 11.0. The molecule has 0 aromatic carbocycles. The van der Waals surface area contributed by atoms with Crippen molar-refractivity contribution in [3.63, 3.8) is 0 Å². The van der Waals surface area contributed by atoms with Crippen molar-refractivity contribution in [1.82, 2.24) is 5.32 Å². The Balaban J connectivity index is 1.73. The lowest BCUT2D eigenvalue weighted by atomic mass is 9.81. The molecule has 0 bridgehead atoms. The van der Waals surface area contributed by atoms with E-state index in [9.17, 15) is 5.11 Å². The zero-order valence-corrected chi connectivity index (χ0v) is 15.5. The van der Waals surface area contributed by atoms with Gasteiger partial charge in [0.15, 0.2) is 0 Å². The van der Waals surface area contributed by atoms with E-state index in [1.54, 1.807) is 21.3 Å². The van der Waals surface area contributed by atoms with E-state index in [4.69, 9.17) is 14.2 Å². The Labute approximate surface area is 150 Å². The van der Waals surface area contributed by atoms with Crippen LogP contribution in [-0.4, -0.2) is 57.3 Å². The molecular formula is C20H31NO4. The van der Waals surface area contributed by atoms with Crippen LogP contribution in [0.5, 0.6) is 0 Å². The van der Waals surface area contributed by atoms with Crippen LogP contribution in [0.3, 0.4) is 0 Å². The Kier molecular flexibility index (Phi) is 6.34. The zero-order chi connectivity index (χ0) is 17.8. The average molecular weight is 349 g/mol. The molecule has 1 aliphatic heterocycles. The Hall–Kier alpha value is -1.14. The highest BCUT2D eigenvalue weighted by molar-refractivity contribution is 5.35. The quantitative estimate of drug-likeness (QED) is 0.799. The smallest absolute Gasteiger partial charge is 0.117 e. The molecule has 0 radical (unpaired) electrons. The number of allylic oxidation sites excluding steroid dienone is 2. The number of hydrogen-bond acceptors (Lipinski definition) is 5. The highest BCUT2D eigenvalue weighted by Gasteiger charge is 2.33. The molecule has 1 heterocycles. The van der Waals surface area contributed by atoms with Crippen molar-refractivity contribution in [1.29, 1.82) is 0 Å². The number of rotatable bonds is 5. The highest BCUT2D eigenvalue weighted by atomic mass is 16.5. The predicted octanol–water partition coefficient (Wildman–Crippen LogP) is 2.89. The van der Waals surface area contributed by atoms with Crippen LogP contribution < -0.4 is 5.32 Å². The van der Waals surface area contributed by atoms with Gasteiger partial charge >= 0.3 is 0 Å². The Morgan fingerprint density at radius 1 is 1.20 bits per heavy atom. The average Bonchev–Trinajstić information content (AvgIpc) is 2.82. The van der Waals surface area contributed by atoms with Crippen molar-refractivity contribution < 1.29 is 19.3 Å². The molecule has 3 aliphatic rings. The van der Waals surface area contributed by atoms with Gasteiger partial charge in [-0.05, 0) is 61.8 Å². The van der Waals surface area contributed by atoms with Crippen molar-refractivity contribution in [2.45, 2.75) is 56.5 Å². The normalized spacial score (nSPS) is 36.0. The van der Waals surface area contributed by atoms with Gasteiger partial charge in [-0.3, -0.25) is 0 Å². The fourth-order valence-corrected chi connectivity index (χ4v) is 4.37. The molecule has 2 aliphatic carbocycles. The van der Waals surface area contributed by atoms with Crippen LogP contribution in [0.4, 0.5) is 0 Å². The lowest BCUT2D eigenvalue weighted by Crippen LogP contribution is -2.40. The minimum absolute atomic E-state index is 0.00341. The molecule has 25 heavy (non-hydrogen) atoms. The van der Waals surface area contributed by atoms with E-state index in [1.165, 1.54) is 11.1 Å². The molecule has 0 spiro atoms. The van der Waals surface area contributed by atoms with E-state index in [2.05, 4.69) is 17.5 Å². The van der Waals surface area contributed by atoms with Gasteiger partial charge < -0.3 is 24.6 Å². The molecule has 0 amide bonds. The first kappa shape index (κ1) is 18.6. The van der Waals surface area contributed by atoms with Crippen molar-refractivity contribution in [2.24, 2.45) is 5.92 Å². The summed E-state index contributed by atoms with van der Waals surface area (Å²) < 4.78 is 16.7. The Bertz CT molecular complexity index is 554. The summed E-state index contributed by atoms with van der Waals surface area (Å²) in [6.45, 7) is 1.00. The van der Waals surface area contributed by atoms with Crippen LogP contribution in [0.25, 0.3) is 0 Å². The van der Waals surface area contributed by atoms with Crippen LogP contribution in [0.1, 0.15) is 32.1 Å². The van der Waals surface area contributed by atoms with Crippen molar-refractivity contribution in [3.8, 4) is 0 Å². The van der Waals surface area contributed by atoms with Gasteiger partial charge in [-0.15, -0.1) is 0 Å². The lowest BCUT2D eigenvalue weighted by Gasteiger charge is -2.34. The Morgan fingerprint density at radius 2 is 2.04 bits per heavy atom. The predicted molar refractivity (Wildman–Crippen MR) is 97.6 cm³/mol. The van der Waals surface area contributed by atoms with E-state index >= 15 is 0 Å². The summed E-state index contributed by atoms with van der Waals surface area (Å²) >= 11 is 0. The summed E-state index contributed by atoms with van der Waals surface area (Å²) in [6, 6.07) is 0.359. The third-order valence-electron chi connectivity index (χ3n) is 5.86. The number of ether oxygens (including phenoxy) is 3. The number of aliphatic hydroxyl groups excluding tert-OH is 1. The molecule has 0 saturated heterocycles. The van der Waals surface area contributed by atoms with Crippen molar-refractivity contribution in [2.75, 3.05) is 27.9 Å². The highest BCUT2D eigenvalue weighted by Crippen LogP contribution is 2.35. The van der Waals surface area contributed by atoms with Crippen LogP contribution >= 0.6 is 0 Å². The van der Waals surface area contributed by atoms with E-state index in [0.29, 0.717) is 17.7 Å². The number of methoxy groups -OCH3 is 3. The van der Waals surface area contributed by atoms with E-state index in [-0.39, 0.29) is 18.3 Å². The summed E-state index contributed by atoms with van der Waals surface area (Å²) in [7, 11) is 5.17. The molecule has 140 valence electrons. The minimum atomic E-state index is -0.158.